The van der Waals surface area contributed by atoms with Crippen molar-refractivity contribution in [3.8, 4) is 17.6 Å². The number of phenols is 2. The molecule has 9 heteroatoms. The highest BCUT2D eigenvalue weighted by Crippen LogP contribution is 2.29. The number of nitriles is 1. The van der Waals surface area contributed by atoms with Crippen molar-refractivity contribution in [1.29, 1.82) is 5.26 Å². The third-order valence-electron chi connectivity index (χ3n) is 3.67. The summed E-state index contributed by atoms with van der Waals surface area (Å²) in [6, 6.07) is 12.7. The number of nitrogens with zero attached hydrogens (tertiary/aromatic N) is 4. The molecule has 1 aliphatic heterocycles. The molecule has 0 fully saturated rings. The molecule has 2 aromatic rings. The summed E-state index contributed by atoms with van der Waals surface area (Å²) in [4.78, 5) is 0.0763. The number of hydrazone groups is 1. The fourth-order valence-corrected chi connectivity index (χ4v) is 3.64. The molecule has 1 aliphatic rings. The number of para-hydroxylation sites is 1. The van der Waals surface area contributed by atoms with E-state index in [0.29, 0.717) is 5.56 Å². The number of phenolic OH excluding ortho intramolecular Hbond substituents is 2. The van der Waals surface area contributed by atoms with Crippen molar-refractivity contribution in [3.05, 3.63) is 53.6 Å². The maximum Gasteiger partial charge on any atom is 0.285 e. The summed E-state index contributed by atoms with van der Waals surface area (Å²) < 4.78 is 28.2. The SMILES string of the molecule is N#CCCN(N=Cc1cccc(O)c1O)C1=NS(=O)(=O)c2ccccc21. The third kappa shape index (κ3) is 3.22. The van der Waals surface area contributed by atoms with Crippen LogP contribution in [0.5, 0.6) is 11.5 Å². The lowest BCUT2D eigenvalue weighted by atomic mass is 10.2. The van der Waals surface area contributed by atoms with Crippen LogP contribution in [0.15, 0.2) is 56.9 Å². The summed E-state index contributed by atoms with van der Waals surface area (Å²) in [5, 5.41) is 33.7. The number of hydrogen-bond acceptors (Lipinski definition) is 7. The second-order valence-electron chi connectivity index (χ2n) is 5.38. The van der Waals surface area contributed by atoms with Crippen LogP contribution >= 0.6 is 0 Å². The Morgan fingerprint density at radius 2 is 1.96 bits per heavy atom. The number of rotatable bonds is 4. The first-order chi connectivity index (χ1) is 12.4. The summed E-state index contributed by atoms with van der Waals surface area (Å²) >= 11 is 0. The van der Waals surface area contributed by atoms with Crippen LogP contribution in [0.2, 0.25) is 0 Å². The molecule has 3 rings (SSSR count). The average Bonchev–Trinajstić information content (AvgIpc) is 2.90. The van der Waals surface area contributed by atoms with Gasteiger partial charge in [-0.3, -0.25) is 0 Å². The zero-order chi connectivity index (χ0) is 18.7. The predicted octanol–water partition coefficient (Wildman–Crippen LogP) is 1.80. The van der Waals surface area contributed by atoms with Crippen molar-refractivity contribution in [2.24, 2.45) is 9.50 Å². The summed E-state index contributed by atoms with van der Waals surface area (Å²) in [7, 11) is -3.82. The Bertz CT molecular complexity index is 1050. The van der Waals surface area contributed by atoms with Crippen LogP contribution in [0.25, 0.3) is 0 Å². The van der Waals surface area contributed by atoms with Crippen LogP contribution in [0.4, 0.5) is 0 Å². The van der Waals surface area contributed by atoms with Crippen molar-refractivity contribution in [1.82, 2.24) is 5.01 Å². The fraction of sp³-hybridized carbons (Fsp3) is 0.118. The van der Waals surface area contributed by atoms with E-state index in [1.807, 2.05) is 6.07 Å². The predicted molar refractivity (Wildman–Crippen MR) is 94.5 cm³/mol. The zero-order valence-electron chi connectivity index (χ0n) is 13.4. The van der Waals surface area contributed by atoms with Gasteiger partial charge in [0, 0.05) is 11.1 Å². The van der Waals surface area contributed by atoms with Gasteiger partial charge in [0.25, 0.3) is 10.0 Å². The lowest BCUT2D eigenvalue weighted by molar-refractivity contribution is 0.403. The van der Waals surface area contributed by atoms with E-state index < -0.39 is 10.0 Å². The minimum absolute atomic E-state index is 0.0763. The molecule has 0 spiro atoms. The Morgan fingerprint density at radius 1 is 1.19 bits per heavy atom. The van der Waals surface area contributed by atoms with Crippen molar-refractivity contribution in [2.75, 3.05) is 6.54 Å². The van der Waals surface area contributed by atoms with Crippen LogP contribution in [-0.4, -0.2) is 42.2 Å². The van der Waals surface area contributed by atoms with E-state index in [1.165, 1.54) is 35.5 Å². The van der Waals surface area contributed by atoms with Crippen LogP contribution in [0, 0.1) is 11.3 Å². The first-order valence-electron chi connectivity index (χ1n) is 7.58. The van der Waals surface area contributed by atoms with Crippen LogP contribution < -0.4 is 0 Å². The minimum atomic E-state index is -3.82. The summed E-state index contributed by atoms with van der Waals surface area (Å²) in [6.45, 7) is 0.106. The minimum Gasteiger partial charge on any atom is -0.504 e. The van der Waals surface area contributed by atoms with Gasteiger partial charge in [-0.25, -0.2) is 5.01 Å². The first kappa shape index (κ1) is 17.4. The zero-order valence-corrected chi connectivity index (χ0v) is 14.3. The van der Waals surface area contributed by atoms with E-state index in [2.05, 4.69) is 9.50 Å². The molecule has 0 saturated heterocycles. The normalized spacial score (nSPS) is 14.7. The van der Waals surface area contributed by atoms with E-state index in [-0.39, 0.29) is 40.8 Å². The molecular weight excluding hydrogens is 356 g/mol. The van der Waals surface area contributed by atoms with Gasteiger partial charge in [-0.05, 0) is 24.3 Å². The molecule has 0 amide bonds. The molecule has 1 heterocycles. The highest BCUT2D eigenvalue weighted by atomic mass is 32.2. The summed E-state index contributed by atoms with van der Waals surface area (Å²) in [6.07, 6.45) is 1.35. The maximum atomic E-state index is 12.2. The molecule has 26 heavy (non-hydrogen) atoms. The molecule has 2 N–H and O–H groups in total. The van der Waals surface area contributed by atoms with E-state index in [9.17, 15) is 18.6 Å². The molecule has 132 valence electrons. The van der Waals surface area contributed by atoms with Gasteiger partial charge in [-0.15, -0.1) is 4.40 Å². The van der Waals surface area contributed by atoms with Gasteiger partial charge in [-0.2, -0.15) is 18.8 Å². The quantitative estimate of drug-likeness (QED) is 0.480. The smallest absolute Gasteiger partial charge is 0.285 e. The lowest BCUT2D eigenvalue weighted by Gasteiger charge is -2.17. The molecule has 2 aromatic carbocycles. The number of amidine groups is 1. The van der Waals surface area contributed by atoms with Gasteiger partial charge in [0.05, 0.1) is 25.2 Å². The summed E-state index contributed by atoms with van der Waals surface area (Å²) in [5.41, 5.74) is 0.629. The number of fused-ring (bicyclic) bond motifs is 1. The molecule has 0 bridgehead atoms. The number of aromatic hydroxyl groups is 2. The monoisotopic (exact) mass is 370 g/mol. The van der Waals surface area contributed by atoms with Gasteiger partial charge < -0.3 is 10.2 Å². The molecule has 8 nitrogen and oxygen atoms in total. The topological polar surface area (TPSA) is 126 Å². The maximum absolute atomic E-state index is 12.2. The Hall–Kier alpha value is -3.38. The molecule has 0 saturated carbocycles. The van der Waals surface area contributed by atoms with Crippen LogP contribution in [0.3, 0.4) is 0 Å². The molecule has 0 radical (unpaired) electrons. The van der Waals surface area contributed by atoms with E-state index in [4.69, 9.17) is 5.26 Å². The average molecular weight is 370 g/mol. The number of sulfonamides is 1. The lowest BCUT2D eigenvalue weighted by Crippen LogP contribution is -2.27. The van der Waals surface area contributed by atoms with E-state index >= 15 is 0 Å². The third-order valence-corrected chi connectivity index (χ3v) is 5.00. The Labute approximate surface area is 150 Å². The van der Waals surface area contributed by atoms with Crippen molar-refractivity contribution >= 4 is 22.1 Å². The Kier molecular flexibility index (Phi) is 4.60. The van der Waals surface area contributed by atoms with Gasteiger partial charge >= 0.3 is 0 Å². The molecule has 0 unspecified atom stereocenters. The van der Waals surface area contributed by atoms with Crippen molar-refractivity contribution in [3.63, 3.8) is 0 Å². The van der Waals surface area contributed by atoms with Crippen LogP contribution in [0.1, 0.15) is 17.5 Å². The van der Waals surface area contributed by atoms with Gasteiger partial charge in [0.2, 0.25) is 0 Å². The van der Waals surface area contributed by atoms with Gasteiger partial charge in [0.1, 0.15) is 4.90 Å². The fourth-order valence-electron chi connectivity index (χ4n) is 2.43. The van der Waals surface area contributed by atoms with Crippen molar-refractivity contribution < 1.29 is 18.6 Å². The second-order valence-corrected chi connectivity index (χ2v) is 6.95. The summed E-state index contributed by atoms with van der Waals surface area (Å²) in [5.74, 6) is -0.548. The van der Waals surface area contributed by atoms with E-state index in [0.717, 1.165) is 0 Å². The van der Waals surface area contributed by atoms with Crippen molar-refractivity contribution in [2.45, 2.75) is 11.3 Å². The Balaban J connectivity index is 2.01. The van der Waals surface area contributed by atoms with Crippen LogP contribution in [-0.2, 0) is 10.0 Å². The largest absolute Gasteiger partial charge is 0.504 e. The molecular formula is C17H14N4O4S. The standard InChI is InChI=1S/C17H14N4O4S/c18-9-4-10-21(19-11-12-5-3-7-14(22)16(12)23)17-13-6-1-2-8-15(13)26(24,25)20-17/h1-3,5-8,11,22-23H,4,10H2. The number of hydrogen-bond donors (Lipinski definition) is 2. The first-order valence-corrected chi connectivity index (χ1v) is 9.02. The van der Waals surface area contributed by atoms with Gasteiger partial charge in [-0.1, -0.05) is 18.2 Å². The molecule has 0 aliphatic carbocycles. The highest BCUT2D eigenvalue weighted by Gasteiger charge is 2.31. The second kappa shape index (κ2) is 6.85. The van der Waals surface area contributed by atoms with E-state index in [1.54, 1.807) is 18.2 Å². The molecule has 0 atom stereocenters. The molecule has 0 aromatic heterocycles. The number of benzene rings is 2. The highest BCUT2D eigenvalue weighted by molar-refractivity contribution is 7.90. The Morgan fingerprint density at radius 3 is 2.73 bits per heavy atom. The van der Waals surface area contributed by atoms with Gasteiger partial charge in [0.15, 0.2) is 17.3 Å².